The zero-order valence-electron chi connectivity index (χ0n) is 15.7. The number of nitrogens with zero attached hydrogens (tertiary/aromatic N) is 3. The third-order valence-corrected chi connectivity index (χ3v) is 6.78. The van der Waals surface area contributed by atoms with E-state index in [2.05, 4.69) is 10.2 Å². The minimum atomic E-state index is -3.89. The van der Waals surface area contributed by atoms with E-state index in [4.69, 9.17) is 16.1 Å². The number of primary sulfonamides is 2. The van der Waals surface area contributed by atoms with Crippen molar-refractivity contribution in [2.24, 2.45) is 16.1 Å². The molecule has 0 fully saturated rings. The second kappa shape index (κ2) is 8.74. The van der Waals surface area contributed by atoms with E-state index in [1.807, 2.05) is 5.43 Å². The average Bonchev–Trinajstić information content (AvgIpc) is 3.14. The number of nitrogens with one attached hydrogen (secondary N) is 1. The van der Waals surface area contributed by atoms with Gasteiger partial charge in [-0.15, -0.1) is 10.2 Å². The number of sulfonamides is 2. The lowest BCUT2D eigenvalue weighted by molar-refractivity contribution is -0.118. The van der Waals surface area contributed by atoms with Crippen molar-refractivity contribution in [3.63, 3.8) is 0 Å². The smallest absolute Gasteiger partial charge is 0.244 e. The quantitative estimate of drug-likeness (QED) is 0.145. The molecule has 0 saturated heterocycles. The molecule has 0 spiro atoms. The summed E-state index contributed by atoms with van der Waals surface area (Å²) in [6.45, 7) is 0. The van der Waals surface area contributed by atoms with Crippen molar-refractivity contribution in [3.05, 3.63) is 48.5 Å². The van der Waals surface area contributed by atoms with Gasteiger partial charge < -0.3 is 0 Å². The molecule has 0 bridgehead atoms. The Balaban J connectivity index is 2.10. The number of thioether (sulfide) groups is 1. The maximum atomic E-state index is 11.5. The highest BCUT2D eigenvalue weighted by Gasteiger charge is 2.19. The molecule has 15 heteroatoms. The van der Waals surface area contributed by atoms with Gasteiger partial charge in [0.15, 0.2) is 11.0 Å². The van der Waals surface area contributed by atoms with Crippen molar-refractivity contribution in [2.75, 3.05) is 5.75 Å². The molecule has 0 atom stereocenters. The first-order chi connectivity index (χ1) is 14.5. The van der Waals surface area contributed by atoms with E-state index in [1.165, 1.54) is 48.5 Å². The van der Waals surface area contributed by atoms with Crippen LogP contribution in [0.2, 0.25) is 0 Å². The van der Waals surface area contributed by atoms with Crippen molar-refractivity contribution >= 4 is 37.7 Å². The molecule has 0 aliphatic carbocycles. The zero-order chi connectivity index (χ0) is 22.8. The second-order valence-corrected chi connectivity index (χ2v) is 10.2. The van der Waals surface area contributed by atoms with Gasteiger partial charge in [0, 0.05) is 11.3 Å². The van der Waals surface area contributed by atoms with E-state index >= 15 is 0 Å². The highest BCUT2D eigenvalue weighted by Crippen LogP contribution is 2.29. The highest BCUT2D eigenvalue weighted by molar-refractivity contribution is 7.99. The van der Waals surface area contributed by atoms with E-state index in [1.54, 1.807) is 4.57 Å². The maximum Gasteiger partial charge on any atom is 0.244 e. The molecule has 31 heavy (non-hydrogen) atoms. The minimum Gasteiger partial charge on any atom is -0.294 e. The summed E-state index contributed by atoms with van der Waals surface area (Å²) in [7, 11) is -7.76. The van der Waals surface area contributed by atoms with Crippen molar-refractivity contribution in [1.29, 1.82) is 0 Å². The fraction of sp³-hybridized carbons (Fsp3) is 0.0625. The monoisotopic (exact) mass is 483 g/mol. The summed E-state index contributed by atoms with van der Waals surface area (Å²) in [4.78, 5) is 11.4. The lowest BCUT2D eigenvalue weighted by Gasteiger charge is -2.11. The highest BCUT2D eigenvalue weighted by atomic mass is 32.2. The molecule has 12 nitrogen and oxygen atoms in total. The predicted molar refractivity (Wildman–Crippen MR) is 113 cm³/mol. The molecule has 3 aromatic rings. The van der Waals surface area contributed by atoms with Gasteiger partial charge in [-0.3, -0.25) is 14.8 Å². The van der Waals surface area contributed by atoms with Gasteiger partial charge >= 0.3 is 0 Å². The number of carbonyl (C=O) groups is 1. The van der Waals surface area contributed by atoms with Gasteiger partial charge in [0.2, 0.25) is 26.0 Å². The number of hydrogen-bond donors (Lipinski definition) is 4. The fourth-order valence-corrected chi connectivity index (χ4v) is 4.33. The summed E-state index contributed by atoms with van der Waals surface area (Å²) < 4.78 is 47.6. The predicted octanol–water partition coefficient (Wildman–Crippen LogP) is -0.689. The first-order valence-electron chi connectivity index (χ1n) is 8.35. The number of carbonyl (C=O) groups excluding carboxylic acids is 1. The zero-order valence-corrected chi connectivity index (χ0v) is 18.1. The molecule has 0 aliphatic rings. The van der Waals surface area contributed by atoms with E-state index in [0.29, 0.717) is 22.2 Å². The molecule has 0 aliphatic heterocycles. The largest absolute Gasteiger partial charge is 0.294 e. The van der Waals surface area contributed by atoms with Gasteiger partial charge in [0.25, 0.3) is 0 Å². The Morgan fingerprint density at radius 1 is 0.903 bits per heavy atom. The lowest BCUT2D eigenvalue weighted by Crippen LogP contribution is -2.31. The van der Waals surface area contributed by atoms with Gasteiger partial charge in [-0.05, 0) is 48.5 Å². The molecular formula is C16H17N7O5S3. The van der Waals surface area contributed by atoms with Gasteiger partial charge in [0.1, 0.15) is 0 Å². The number of nitrogens with two attached hydrogens (primary N) is 3. The summed E-state index contributed by atoms with van der Waals surface area (Å²) in [5.74, 6) is 4.94. The van der Waals surface area contributed by atoms with Gasteiger partial charge in [0.05, 0.1) is 15.5 Å². The normalized spacial score (nSPS) is 12.0. The van der Waals surface area contributed by atoms with Gasteiger partial charge in [-0.2, -0.15) is 0 Å². The van der Waals surface area contributed by atoms with E-state index in [9.17, 15) is 21.6 Å². The molecule has 1 aromatic heterocycles. The van der Waals surface area contributed by atoms with Crippen LogP contribution >= 0.6 is 11.8 Å². The molecule has 3 rings (SSSR count). The molecule has 0 radical (unpaired) electrons. The number of benzene rings is 2. The molecule has 1 amide bonds. The van der Waals surface area contributed by atoms with Crippen molar-refractivity contribution in [1.82, 2.24) is 20.2 Å². The maximum absolute atomic E-state index is 11.5. The molecule has 0 saturated carbocycles. The van der Waals surface area contributed by atoms with Crippen LogP contribution in [0.5, 0.6) is 0 Å². The lowest BCUT2D eigenvalue weighted by atomic mass is 10.2. The summed E-state index contributed by atoms with van der Waals surface area (Å²) in [6.07, 6.45) is 0. The van der Waals surface area contributed by atoms with E-state index < -0.39 is 26.0 Å². The van der Waals surface area contributed by atoms with Crippen LogP contribution in [0.1, 0.15) is 0 Å². The Hall–Kier alpha value is -2.82. The van der Waals surface area contributed by atoms with Crippen LogP contribution in [0.3, 0.4) is 0 Å². The summed E-state index contributed by atoms with van der Waals surface area (Å²) in [5, 5.41) is 18.8. The van der Waals surface area contributed by atoms with Crippen LogP contribution in [-0.2, 0) is 24.8 Å². The first kappa shape index (κ1) is 22.9. The molecule has 164 valence electrons. The Morgan fingerprint density at radius 2 is 1.42 bits per heavy atom. The van der Waals surface area contributed by atoms with E-state index in [-0.39, 0.29) is 15.5 Å². The van der Waals surface area contributed by atoms with Crippen molar-refractivity contribution < 1.29 is 21.6 Å². The Morgan fingerprint density at radius 3 is 1.90 bits per heavy atom. The fourth-order valence-electron chi connectivity index (χ4n) is 2.53. The minimum absolute atomic E-state index is 0.0474. The summed E-state index contributed by atoms with van der Waals surface area (Å²) >= 11 is 1.05. The molecule has 7 N–H and O–H groups in total. The molecule has 2 aromatic carbocycles. The number of aromatic nitrogens is 3. The number of hydrogen-bond acceptors (Lipinski definition) is 9. The number of rotatable bonds is 7. The molecular weight excluding hydrogens is 466 g/mol. The van der Waals surface area contributed by atoms with Crippen LogP contribution in [0.15, 0.2) is 63.5 Å². The summed E-state index contributed by atoms with van der Waals surface area (Å²) in [6, 6.07) is 11.3. The molecule has 0 unspecified atom stereocenters. The van der Waals surface area contributed by atoms with Gasteiger partial charge in [-0.1, -0.05) is 11.8 Å². The van der Waals surface area contributed by atoms with Gasteiger partial charge in [-0.25, -0.2) is 33.0 Å². The van der Waals surface area contributed by atoms with Crippen molar-refractivity contribution in [3.8, 4) is 17.1 Å². The number of hydrazine groups is 1. The van der Waals surface area contributed by atoms with Crippen LogP contribution < -0.4 is 21.5 Å². The SMILES string of the molecule is NNC(=O)CSc1nnc(-c2ccc(S(N)(=O)=O)cc2)n1-c1ccc(S(N)(=O)=O)cc1. The standard InChI is InChI=1S/C16H17N7O5S3/c17-20-14(24)9-29-16-22-21-15(10-1-5-12(6-2-10)30(18,25)26)23(16)11-3-7-13(8-4-11)31(19,27)28/h1-8H,9,17H2,(H,20,24)(H2,18,25,26)(H2,19,27,28). The van der Waals surface area contributed by atoms with Crippen LogP contribution in [0.4, 0.5) is 0 Å². The Kier molecular flexibility index (Phi) is 6.44. The Labute approximate surface area is 181 Å². The van der Waals surface area contributed by atoms with Crippen LogP contribution in [0, 0.1) is 0 Å². The Bertz CT molecular complexity index is 1320. The third-order valence-electron chi connectivity index (χ3n) is 3.99. The topological polar surface area (TPSA) is 206 Å². The van der Waals surface area contributed by atoms with Crippen LogP contribution in [0.25, 0.3) is 17.1 Å². The van der Waals surface area contributed by atoms with E-state index in [0.717, 1.165) is 11.8 Å². The molecule has 1 heterocycles. The average molecular weight is 484 g/mol. The van der Waals surface area contributed by atoms with Crippen LogP contribution in [-0.4, -0.2) is 43.3 Å². The first-order valence-corrected chi connectivity index (χ1v) is 12.4. The summed E-state index contributed by atoms with van der Waals surface area (Å²) in [5.41, 5.74) is 3.00. The number of amides is 1. The van der Waals surface area contributed by atoms with Crippen molar-refractivity contribution in [2.45, 2.75) is 14.9 Å². The third kappa shape index (κ3) is 5.27. The second-order valence-electron chi connectivity index (χ2n) is 6.11.